The van der Waals surface area contributed by atoms with E-state index in [0.717, 1.165) is 43.4 Å². The minimum absolute atomic E-state index is 0.0121. The molecule has 2 aromatic rings. The topological polar surface area (TPSA) is 87.7 Å². The molecule has 1 saturated heterocycles. The van der Waals surface area contributed by atoms with E-state index >= 15 is 0 Å². The Morgan fingerprint density at radius 1 is 1.04 bits per heavy atom. The highest BCUT2D eigenvalue weighted by Crippen LogP contribution is 2.30. The second-order valence-corrected chi connectivity index (χ2v) is 6.91. The maximum atomic E-state index is 12.4. The predicted molar refractivity (Wildman–Crippen MR) is 93.7 cm³/mol. The lowest BCUT2D eigenvalue weighted by molar-refractivity contribution is 0.0676. The van der Waals surface area contributed by atoms with Gasteiger partial charge in [-0.25, -0.2) is 4.79 Å². The van der Waals surface area contributed by atoms with E-state index in [2.05, 4.69) is 10.6 Å². The zero-order chi connectivity index (χ0) is 17.9. The molecule has 7 nitrogen and oxygen atoms in total. The SMILES string of the molecule is O=C(NC1CCN(C(=O)c2ccco2)CC1)NC1CCCc2occc21. The minimum Gasteiger partial charge on any atom is -0.469 e. The third-order valence-electron chi connectivity index (χ3n) is 5.21. The average Bonchev–Trinajstić information content (AvgIpc) is 3.34. The number of hydrogen-bond donors (Lipinski definition) is 2. The van der Waals surface area contributed by atoms with Crippen LogP contribution < -0.4 is 10.6 Å². The Balaban J connectivity index is 1.26. The molecule has 0 bridgehead atoms. The van der Waals surface area contributed by atoms with Crippen LogP contribution in [0.15, 0.2) is 39.6 Å². The second kappa shape index (κ2) is 7.27. The summed E-state index contributed by atoms with van der Waals surface area (Å²) in [6, 6.07) is 5.26. The maximum absolute atomic E-state index is 12.4. The molecule has 1 aliphatic carbocycles. The number of nitrogens with zero attached hydrogens (tertiary/aromatic N) is 1. The van der Waals surface area contributed by atoms with Crippen LogP contribution in [0.4, 0.5) is 4.79 Å². The van der Waals surface area contributed by atoms with Crippen LogP contribution in [0.3, 0.4) is 0 Å². The Morgan fingerprint density at radius 3 is 2.65 bits per heavy atom. The summed E-state index contributed by atoms with van der Waals surface area (Å²) in [4.78, 5) is 26.4. The monoisotopic (exact) mass is 357 g/mol. The number of nitrogens with one attached hydrogen (secondary N) is 2. The number of aryl methyl sites for hydroxylation is 1. The maximum Gasteiger partial charge on any atom is 0.315 e. The molecular formula is C19H23N3O4. The lowest BCUT2D eigenvalue weighted by Gasteiger charge is -2.32. The molecule has 0 saturated carbocycles. The molecule has 26 heavy (non-hydrogen) atoms. The van der Waals surface area contributed by atoms with Crippen LogP contribution >= 0.6 is 0 Å². The van der Waals surface area contributed by atoms with Crippen molar-refractivity contribution in [1.29, 1.82) is 0 Å². The number of fused-ring (bicyclic) bond motifs is 1. The van der Waals surface area contributed by atoms with Crippen molar-refractivity contribution < 1.29 is 18.4 Å². The molecule has 2 aliphatic rings. The van der Waals surface area contributed by atoms with Gasteiger partial charge in [-0.1, -0.05) is 0 Å². The highest BCUT2D eigenvalue weighted by Gasteiger charge is 2.28. The third-order valence-corrected chi connectivity index (χ3v) is 5.21. The second-order valence-electron chi connectivity index (χ2n) is 6.91. The first-order chi connectivity index (χ1) is 12.7. The largest absolute Gasteiger partial charge is 0.469 e. The Labute approximate surface area is 151 Å². The standard InChI is InChI=1S/C19H23N3O4/c23-18(17-5-2-11-25-17)22-9-6-13(7-10-22)20-19(24)21-15-3-1-4-16-14(15)8-12-26-16/h2,5,8,11-13,15H,1,3-4,6-7,9-10H2,(H2,20,21,24). The molecule has 0 radical (unpaired) electrons. The number of urea groups is 1. The van der Waals surface area contributed by atoms with Gasteiger partial charge in [-0.05, 0) is 43.9 Å². The van der Waals surface area contributed by atoms with Gasteiger partial charge in [0.2, 0.25) is 0 Å². The summed E-state index contributed by atoms with van der Waals surface area (Å²) in [5.74, 6) is 1.25. The van der Waals surface area contributed by atoms with Crippen molar-refractivity contribution in [2.75, 3.05) is 13.1 Å². The number of rotatable bonds is 3. The Bertz CT molecular complexity index is 760. The molecule has 2 N–H and O–H groups in total. The molecule has 138 valence electrons. The quantitative estimate of drug-likeness (QED) is 0.884. The van der Waals surface area contributed by atoms with Crippen molar-refractivity contribution in [2.45, 2.75) is 44.2 Å². The highest BCUT2D eigenvalue weighted by molar-refractivity contribution is 5.91. The number of carbonyl (C=O) groups is 2. The van der Waals surface area contributed by atoms with Gasteiger partial charge in [0.1, 0.15) is 5.76 Å². The van der Waals surface area contributed by atoms with Crippen molar-refractivity contribution in [3.8, 4) is 0 Å². The van der Waals surface area contributed by atoms with Crippen molar-refractivity contribution in [1.82, 2.24) is 15.5 Å². The molecule has 1 atom stereocenters. The van der Waals surface area contributed by atoms with Crippen molar-refractivity contribution in [2.24, 2.45) is 0 Å². The zero-order valence-electron chi connectivity index (χ0n) is 14.6. The molecule has 3 heterocycles. The van der Waals surface area contributed by atoms with Gasteiger partial charge in [-0.3, -0.25) is 4.79 Å². The molecule has 0 spiro atoms. The summed E-state index contributed by atoms with van der Waals surface area (Å²) in [5, 5.41) is 6.10. The normalized spacial score (nSPS) is 20.5. The summed E-state index contributed by atoms with van der Waals surface area (Å²) in [6.07, 6.45) is 7.54. The van der Waals surface area contributed by atoms with Gasteiger partial charge in [0.05, 0.1) is 18.6 Å². The van der Waals surface area contributed by atoms with Crippen molar-refractivity contribution in [3.63, 3.8) is 0 Å². The first-order valence-corrected chi connectivity index (χ1v) is 9.17. The fraction of sp³-hybridized carbons (Fsp3) is 0.474. The Kier molecular flexibility index (Phi) is 4.69. The summed E-state index contributed by atoms with van der Waals surface area (Å²) in [6.45, 7) is 1.22. The molecule has 1 aliphatic heterocycles. The van der Waals surface area contributed by atoms with E-state index in [4.69, 9.17) is 8.83 Å². The van der Waals surface area contributed by atoms with Crippen LogP contribution in [-0.2, 0) is 6.42 Å². The summed E-state index contributed by atoms with van der Waals surface area (Å²) in [7, 11) is 0. The van der Waals surface area contributed by atoms with E-state index in [-0.39, 0.29) is 24.0 Å². The number of hydrogen-bond acceptors (Lipinski definition) is 4. The van der Waals surface area contributed by atoms with E-state index in [0.29, 0.717) is 18.8 Å². The Hall–Kier alpha value is -2.70. The van der Waals surface area contributed by atoms with Gasteiger partial charge in [0, 0.05) is 31.1 Å². The lowest BCUT2D eigenvalue weighted by atomic mass is 9.93. The van der Waals surface area contributed by atoms with Gasteiger partial charge in [-0.15, -0.1) is 0 Å². The van der Waals surface area contributed by atoms with Crippen molar-refractivity contribution in [3.05, 3.63) is 47.8 Å². The smallest absolute Gasteiger partial charge is 0.315 e. The van der Waals surface area contributed by atoms with Gasteiger partial charge < -0.3 is 24.4 Å². The molecular weight excluding hydrogens is 334 g/mol. The first-order valence-electron chi connectivity index (χ1n) is 9.17. The van der Waals surface area contributed by atoms with Gasteiger partial charge in [-0.2, -0.15) is 0 Å². The molecule has 2 aromatic heterocycles. The van der Waals surface area contributed by atoms with Gasteiger partial charge >= 0.3 is 6.03 Å². The summed E-state index contributed by atoms with van der Waals surface area (Å²) >= 11 is 0. The number of amides is 3. The molecule has 7 heteroatoms. The number of furan rings is 2. The predicted octanol–water partition coefficient (Wildman–Crippen LogP) is 2.85. The minimum atomic E-state index is -0.153. The van der Waals surface area contributed by atoms with E-state index in [9.17, 15) is 9.59 Å². The molecule has 3 amide bonds. The summed E-state index contributed by atoms with van der Waals surface area (Å²) in [5.41, 5.74) is 1.09. The van der Waals surface area contributed by atoms with Crippen molar-refractivity contribution >= 4 is 11.9 Å². The van der Waals surface area contributed by atoms with Gasteiger partial charge in [0.15, 0.2) is 5.76 Å². The Morgan fingerprint density at radius 2 is 1.88 bits per heavy atom. The highest BCUT2D eigenvalue weighted by atomic mass is 16.3. The van der Waals surface area contributed by atoms with Gasteiger partial charge in [0.25, 0.3) is 5.91 Å². The van der Waals surface area contributed by atoms with Crippen LogP contribution in [0.2, 0.25) is 0 Å². The first kappa shape index (κ1) is 16.8. The fourth-order valence-electron chi connectivity index (χ4n) is 3.80. The molecule has 4 rings (SSSR count). The number of piperidine rings is 1. The number of carbonyl (C=O) groups excluding carboxylic acids is 2. The van der Waals surface area contributed by atoms with E-state index < -0.39 is 0 Å². The fourth-order valence-corrected chi connectivity index (χ4v) is 3.80. The van der Waals surface area contributed by atoms with Crippen LogP contribution in [-0.4, -0.2) is 36.0 Å². The molecule has 1 fully saturated rings. The van der Waals surface area contributed by atoms with Crippen LogP contribution in [0.25, 0.3) is 0 Å². The van der Waals surface area contributed by atoms with E-state index in [1.165, 1.54) is 6.26 Å². The van der Waals surface area contributed by atoms with Crippen LogP contribution in [0.1, 0.15) is 53.6 Å². The van der Waals surface area contributed by atoms with E-state index in [1.807, 2.05) is 6.07 Å². The lowest BCUT2D eigenvalue weighted by Crippen LogP contribution is -2.49. The van der Waals surface area contributed by atoms with E-state index in [1.54, 1.807) is 23.3 Å². The molecule has 0 aromatic carbocycles. The number of likely N-dealkylation sites (tertiary alicyclic amines) is 1. The summed E-state index contributed by atoms with van der Waals surface area (Å²) < 4.78 is 10.6. The van der Waals surface area contributed by atoms with Crippen LogP contribution in [0.5, 0.6) is 0 Å². The zero-order valence-corrected chi connectivity index (χ0v) is 14.6. The van der Waals surface area contributed by atoms with Crippen LogP contribution in [0, 0.1) is 0 Å². The average molecular weight is 357 g/mol. The molecule has 1 unspecified atom stereocenters. The third kappa shape index (κ3) is 3.47.